The molecular formula is C16H17FN2O3S. The molecule has 1 aromatic carbocycles. The Balaban J connectivity index is 1.92. The van der Waals surface area contributed by atoms with Gasteiger partial charge in [-0.15, -0.1) is 0 Å². The maximum atomic E-state index is 13.0. The van der Waals surface area contributed by atoms with Crippen LogP contribution < -0.4 is 4.74 Å². The smallest absolute Gasteiger partial charge is 0.248 e. The number of ether oxygens (including phenoxy) is 1. The standard InChI is InChI=1S/C16H17FN2O3S/c1-19(13-4-2-5-13)23(20,21)15-6-3-11-18-16(15)22-14-9-7-12(17)8-10-14/h3,6-11,13H,2,4-5H2,1H3. The summed E-state index contributed by atoms with van der Waals surface area (Å²) >= 11 is 0. The molecule has 0 atom stereocenters. The van der Waals surface area contributed by atoms with Gasteiger partial charge in [0.15, 0.2) is 0 Å². The Morgan fingerprint density at radius 1 is 1.22 bits per heavy atom. The van der Waals surface area contributed by atoms with E-state index in [4.69, 9.17) is 4.74 Å². The van der Waals surface area contributed by atoms with E-state index in [2.05, 4.69) is 4.98 Å². The fourth-order valence-corrected chi connectivity index (χ4v) is 3.84. The largest absolute Gasteiger partial charge is 0.438 e. The molecule has 1 aliphatic carbocycles. The number of sulfonamides is 1. The molecule has 1 saturated carbocycles. The van der Waals surface area contributed by atoms with Crippen LogP contribution in [0.4, 0.5) is 4.39 Å². The molecule has 3 rings (SSSR count). The highest BCUT2D eigenvalue weighted by Crippen LogP contribution is 2.32. The molecule has 122 valence electrons. The second-order valence-corrected chi connectivity index (χ2v) is 7.43. The van der Waals surface area contributed by atoms with Gasteiger partial charge in [0.2, 0.25) is 15.9 Å². The van der Waals surface area contributed by atoms with E-state index >= 15 is 0 Å². The van der Waals surface area contributed by atoms with E-state index in [1.807, 2.05) is 0 Å². The third-order valence-corrected chi connectivity index (χ3v) is 5.93. The van der Waals surface area contributed by atoms with E-state index in [-0.39, 0.29) is 16.8 Å². The topological polar surface area (TPSA) is 59.5 Å². The van der Waals surface area contributed by atoms with Gasteiger partial charge in [-0.1, -0.05) is 6.42 Å². The van der Waals surface area contributed by atoms with Crippen LogP contribution in [0.2, 0.25) is 0 Å². The minimum absolute atomic E-state index is 0.00900. The van der Waals surface area contributed by atoms with Crippen LogP contribution in [0, 0.1) is 5.82 Å². The van der Waals surface area contributed by atoms with E-state index in [1.54, 1.807) is 13.1 Å². The highest BCUT2D eigenvalue weighted by molar-refractivity contribution is 7.89. The van der Waals surface area contributed by atoms with Crippen LogP contribution in [0.15, 0.2) is 47.5 Å². The number of pyridine rings is 1. The van der Waals surface area contributed by atoms with Gasteiger partial charge >= 0.3 is 0 Å². The summed E-state index contributed by atoms with van der Waals surface area (Å²) in [6.07, 6.45) is 4.23. The molecule has 7 heteroatoms. The zero-order chi connectivity index (χ0) is 16.4. The molecule has 5 nitrogen and oxygen atoms in total. The summed E-state index contributed by atoms with van der Waals surface area (Å²) in [6, 6.07) is 8.39. The van der Waals surface area contributed by atoms with Crippen molar-refractivity contribution in [3.8, 4) is 11.6 Å². The number of halogens is 1. The van der Waals surface area contributed by atoms with E-state index in [1.165, 1.54) is 40.8 Å². The maximum Gasteiger partial charge on any atom is 0.248 e. The van der Waals surface area contributed by atoms with Gasteiger partial charge in [-0.05, 0) is 49.2 Å². The van der Waals surface area contributed by atoms with Gasteiger partial charge in [-0.3, -0.25) is 0 Å². The molecular weight excluding hydrogens is 319 g/mol. The molecule has 0 unspecified atom stereocenters. The predicted molar refractivity (Wildman–Crippen MR) is 83.3 cm³/mol. The van der Waals surface area contributed by atoms with Crippen molar-refractivity contribution in [3.63, 3.8) is 0 Å². The third kappa shape index (κ3) is 3.20. The van der Waals surface area contributed by atoms with Gasteiger partial charge in [0.1, 0.15) is 16.5 Å². The summed E-state index contributed by atoms with van der Waals surface area (Å²) in [5.74, 6) is -0.0749. The molecule has 0 N–H and O–H groups in total. The third-order valence-electron chi connectivity index (χ3n) is 4.01. The monoisotopic (exact) mass is 336 g/mol. The van der Waals surface area contributed by atoms with Crippen molar-refractivity contribution in [1.29, 1.82) is 0 Å². The molecule has 1 heterocycles. The molecule has 1 aromatic heterocycles. The van der Waals surface area contributed by atoms with Crippen LogP contribution in [0.5, 0.6) is 11.6 Å². The summed E-state index contributed by atoms with van der Waals surface area (Å²) in [5.41, 5.74) is 0. The van der Waals surface area contributed by atoms with Gasteiger partial charge < -0.3 is 4.74 Å². The summed E-state index contributed by atoms with van der Waals surface area (Å²) in [6.45, 7) is 0. The lowest BCUT2D eigenvalue weighted by atomic mass is 9.94. The lowest BCUT2D eigenvalue weighted by Crippen LogP contribution is -2.41. The molecule has 0 radical (unpaired) electrons. The molecule has 23 heavy (non-hydrogen) atoms. The van der Waals surface area contributed by atoms with E-state index in [0.717, 1.165) is 19.3 Å². The average molecular weight is 336 g/mol. The second-order valence-electron chi connectivity index (χ2n) is 5.47. The summed E-state index contributed by atoms with van der Waals surface area (Å²) in [7, 11) is -2.11. The van der Waals surface area contributed by atoms with Crippen molar-refractivity contribution in [3.05, 3.63) is 48.4 Å². The molecule has 0 spiro atoms. The molecule has 0 amide bonds. The first-order chi connectivity index (χ1) is 11.0. The lowest BCUT2D eigenvalue weighted by molar-refractivity contribution is 0.249. The summed E-state index contributed by atoms with van der Waals surface area (Å²) < 4.78 is 45.4. The zero-order valence-electron chi connectivity index (χ0n) is 12.6. The fourth-order valence-electron chi connectivity index (χ4n) is 2.36. The fraction of sp³-hybridized carbons (Fsp3) is 0.312. The van der Waals surface area contributed by atoms with Crippen molar-refractivity contribution >= 4 is 10.0 Å². The van der Waals surface area contributed by atoms with Crippen molar-refractivity contribution in [2.75, 3.05) is 7.05 Å². The quantitative estimate of drug-likeness (QED) is 0.841. The second kappa shape index (κ2) is 6.25. The molecule has 2 aromatic rings. The zero-order valence-corrected chi connectivity index (χ0v) is 13.5. The first-order valence-corrected chi connectivity index (χ1v) is 8.79. The predicted octanol–water partition coefficient (Wildman–Crippen LogP) is 3.19. The van der Waals surface area contributed by atoms with Gasteiger partial charge in [0, 0.05) is 19.3 Å². The number of rotatable bonds is 5. The minimum atomic E-state index is -3.69. The Kier molecular flexibility index (Phi) is 4.32. The number of nitrogens with zero attached hydrogens (tertiary/aromatic N) is 2. The first kappa shape index (κ1) is 15.9. The Morgan fingerprint density at radius 3 is 2.52 bits per heavy atom. The van der Waals surface area contributed by atoms with Crippen molar-refractivity contribution in [2.45, 2.75) is 30.2 Å². The number of hydrogen-bond acceptors (Lipinski definition) is 4. The summed E-state index contributed by atoms with van der Waals surface area (Å²) in [4.78, 5) is 4.04. The first-order valence-electron chi connectivity index (χ1n) is 7.35. The van der Waals surface area contributed by atoms with Gasteiger partial charge in [0.05, 0.1) is 0 Å². The molecule has 1 fully saturated rings. The Morgan fingerprint density at radius 2 is 1.91 bits per heavy atom. The van der Waals surface area contributed by atoms with Crippen molar-refractivity contribution in [1.82, 2.24) is 9.29 Å². The minimum Gasteiger partial charge on any atom is -0.438 e. The van der Waals surface area contributed by atoms with E-state index < -0.39 is 15.8 Å². The van der Waals surface area contributed by atoms with Gasteiger partial charge in [-0.25, -0.2) is 17.8 Å². The normalized spacial score (nSPS) is 15.4. The van der Waals surface area contributed by atoms with Crippen LogP contribution in [0.25, 0.3) is 0 Å². The molecule has 1 aliphatic rings. The lowest BCUT2D eigenvalue weighted by Gasteiger charge is -2.33. The van der Waals surface area contributed by atoms with Crippen LogP contribution in [-0.2, 0) is 10.0 Å². The molecule has 0 saturated heterocycles. The average Bonchev–Trinajstić information content (AvgIpc) is 2.48. The highest BCUT2D eigenvalue weighted by Gasteiger charge is 2.34. The number of aromatic nitrogens is 1. The van der Waals surface area contributed by atoms with Crippen molar-refractivity contribution in [2.24, 2.45) is 0 Å². The highest BCUT2D eigenvalue weighted by atomic mass is 32.2. The molecule has 0 aliphatic heterocycles. The Hall–Kier alpha value is -1.99. The van der Waals surface area contributed by atoms with E-state index in [9.17, 15) is 12.8 Å². The maximum absolute atomic E-state index is 13.0. The number of hydrogen-bond donors (Lipinski definition) is 0. The molecule has 0 bridgehead atoms. The van der Waals surface area contributed by atoms with Crippen LogP contribution in [0.3, 0.4) is 0 Å². The van der Waals surface area contributed by atoms with E-state index in [0.29, 0.717) is 5.75 Å². The van der Waals surface area contributed by atoms with Gasteiger partial charge in [0.25, 0.3) is 0 Å². The van der Waals surface area contributed by atoms with Gasteiger partial charge in [-0.2, -0.15) is 4.31 Å². The van der Waals surface area contributed by atoms with Crippen LogP contribution in [-0.4, -0.2) is 30.8 Å². The Labute approximate surface area is 134 Å². The number of benzene rings is 1. The summed E-state index contributed by atoms with van der Waals surface area (Å²) in [5, 5.41) is 0. The van der Waals surface area contributed by atoms with Crippen LogP contribution >= 0.6 is 0 Å². The SMILES string of the molecule is CN(C1CCC1)S(=O)(=O)c1cccnc1Oc1ccc(F)cc1. The van der Waals surface area contributed by atoms with Crippen LogP contribution in [0.1, 0.15) is 19.3 Å². The Bertz CT molecular complexity index is 789. The van der Waals surface area contributed by atoms with Crippen molar-refractivity contribution < 1.29 is 17.5 Å².